The lowest BCUT2D eigenvalue weighted by molar-refractivity contribution is 0.847. The lowest BCUT2D eigenvalue weighted by Gasteiger charge is -2.04. The van der Waals surface area contributed by atoms with Gasteiger partial charge < -0.3 is 15.6 Å². The highest BCUT2D eigenvalue weighted by Gasteiger charge is 2.11. The molecule has 0 aliphatic carbocycles. The zero-order chi connectivity index (χ0) is 14.1. The molecule has 0 fully saturated rings. The van der Waals surface area contributed by atoms with Gasteiger partial charge in [0.25, 0.3) is 0 Å². The van der Waals surface area contributed by atoms with E-state index in [9.17, 15) is 0 Å². The average Bonchev–Trinajstić information content (AvgIpc) is 2.77. The second-order valence-electron chi connectivity index (χ2n) is 4.88. The summed E-state index contributed by atoms with van der Waals surface area (Å²) in [5, 5.41) is 3.31. The number of anilines is 1. The van der Waals surface area contributed by atoms with Crippen molar-refractivity contribution in [3.05, 3.63) is 24.0 Å². The van der Waals surface area contributed by atoms with Gasteiger partial charge in [0, 0.05) is 19.8 Å². The van der Waals surface area contributed by atoms with Crippen LogP contribution in [-0.2, 0) is 7.05 Å². The molecule has 2 aromatic heterocycles. The zero-order valence-electron chi connectivity index (χ0n) is 11.7. The normalized spacial score (nSPS) is 11.3. The van der Waals surface area contributed by atoms with Gasteiger partial charge in [0.15, 0.2) is 0 Å². The molecule has 3 aromatic rings. The summed E-state index contributed by atoms with van der Waals surface area (Å²) in [7, 11) is 2.00. The molecule has 2 heterocycles. The molecule has 0 radical (unpaired) electrons. The Kier molecular flexibility index (Phi) is 3.23. The van der Waals surface area contributed by atoms with E-state index in [-0.39, 0.29) is 0 Å². The molecular formula is C14H18N6. The van der Waals surface area contributed by atoms with Crippen molar-refractivity contribution in [1.29, 1.82) is 0 Å². The second kappa shape index (κ2) is 5.05. The van der Waals surface area contributed by atoms with Crippen molar-refractivity contribution in [2.24, 2.45) is 12.8 Å². The van der Waals surface area contributed by atoms with Crippen LogP contribution in [0.2, 0.25) is 0 Å². The fourth-order valence-electron chi connectivity index (χ4n) is 2.28. The Labute approximate surface area is 117 Å². The number of aryl methyl sites for hydroxylation is 2. The molecule has 0 saturated carbocycles. The molecule has 20 heavy (non-hydrogen) atoms. The maximum absolute atomic E-state index is 5.51. The molecule has 0 amide bonds. The van der Waals surface area contributed by atoms with Crippen LogP contribution in [0.1, 0.15) is 12.1 Å². The van der Waals surface area contributed by atoms with Crippen LogP contribution in [0.4, 0.5) is 5.95 Å². The van der Waals surface area contributed by atoms with Gasteiger partial charge in [-0.15, -0.1) is 0 Å². The van der Waals surface area contributed by atoms with Gasteiger partial charge in [-0.3, -0.25) is 4.98 Å². The highest BCUT2D eigenvalue weighted by molar-refractivity contribution is 6.01. The molecule has 0 bridgehead atoms. The summed E-state index contributed by atoms with van der Waals surface area (Å²) in [5.41, 5.74) is 10.1. The van der Waals surface area contributed by atoms with Gasteiger partial charge in [0.2, 0.25) is 5.95 Å². The lowest BCUT2D eigenvalue weighted by atomic mass is 10.2. The largest absolute Gasteiger partial charge is 0.356 e. The Bertz CT molecular complexity index is 761. The molecule has 104 valence electrons. The summed E-state index contributed by atoms with van der Waals surface area (Å²) in [5.74, 6) is 0.837. The van der Waals surface area contributed by atoms with E-state index in [4.69, 9.17) is 5.73 Å². The van der Waals surface area contributed by atoms with E-state index in [1.54, 1.807) is 6.20 Å². The number of fused-ring (bicyclic) bond motifs is 3. The Morgan fingerprint density at radius 3 is 2.90 bits per heavy atom. The monoisotopic (exact) mass is 270 g/mol. The van der Waals surface area contributed by atoms with E-state index in [2.05, 4.69) is 20.3 Å². The number of benzene rings is 1. The van der Waals surface area contributed by atoms with Crippen molar-refractivity contribution < 1.29 is 0 Å². The van der Waals surface area contributed by atoms with Gasteiger partial charge in [-0.1, -0.05) is 0 Å². The van der Waals surface area contributed by atoms with E-state index in [1.165, 1.54) is 0 Å². The van der Waals surface area contributed by atoms with Crippen molar-refractivity contribution in [2.75, 3.05) is 18.4 Å². The summed E-state index contributed by atoms with van der Waals surface area (Å²) >= 11 is 0. The SMILES string of the molecule is Cc1cnc2ccc3c(nc(NCCCN)n3C)c2n1. The minimum Gasteiger partial charge on any atom is -0.356 e. The first-order chi connectivity index (χ1) is 9.70. The topological polar surface area (TPSA) is 81.6 Å². The molecule has 0 saturated heterocycles. The number of hydrogen-bond donors (Lipinski definition) is 2. The van der Waals surface area contributed by atoms with Crippen molar-refractivity contribution >= 4 is 28.0 Å². The maximum Gasteiger partial charge on any atom is 0.203 e. The van der Waals surface area contributed by atoms with Crippen LogP contribution in [0.5, 0.6) is 0 Å². The standard InChI is InChI=1S/C14H18N6/c1-9-8-17-10-4-5-11-13(12(10)18-9)19-14(20(11)2)16-7-3-6-15/h4-5,8H,3,6-7,15H2,1-2H3,(H,16,19). The molecule has 6 nitrogen and oxygen atoms in total. The number of nitrogens with two attached hydrogens (primary N) is 1. The van der Waals surface area contributed by atoms with Gasteiger partial charge in [-0.25, -0.2) is 9.97 Å². The number of nitrogens with zero attached hydrogens (tertiary/aromatic N) is 4. The minimum atomic E-state index is 0.671. The van der Waals surface area contributed by atoms with Crippen LogP contribution in [0, 0.1) is 6.92 Å². The van der Waals surface area contributed by atoms with Gasteiger partial charge in [-0.2, -0.15) is 0 Å². The van der Waals surface area contributed by atoms with Crippen LogP contribution < -0.4 is 11.1 Å². The molecule has 3 rings (SSSR count). The summed E-state index contributed by atoms with van der Waals surface area (Å²) < 4.78 is 2.04. The van der Waals surface area contributed by atoms with Crippen LogP contribution in [-0.4, -0.2) is 32.6 Å². The third-order valence-electron chi connectivity index (χ3n) is 3.35. The molecular weight excluding hydrogens is 252 g/mol. The van der Waals surface area contributed by atoms with Crippen molar-refractivity contribution in [2.45, 2.75) is 13.3 Å². The predicted molar refractivity (Wildman–Crippen MR) is 80.7 cm³/mol. The van der Waals surface area contributed by atoms with Gasteiger partial charge in [0.1, 0.15) is 11.0 Å². The Hall–Kier alpha value is -2.21. The first-order valence-corrected chi connectivity index (χ1v) is 6.73. The number of hydrogen-bond acceptors (Lipinski definition) is 5. The Morgan fingerprint density at radius 2 is 2.10 bits per heavy atom. The molecule has 0 aliphatic heterocycles. The number of imidazole rings is 1. The average molecular weight is 270 g/mol. The third-order valence-corrected chi connectivity index (χ3v) is 3.35. The molecule has 6 heteroatoms. The first-order valence-electron chi connectivity index (χ1n) is 6.73. The number of nitrogens with one attached hydrogen (secondary N) is 1. The second-order valence-corrected chi connectivity index (χ2v) is 4.88. The predicted octanol–water partition coefficient (Wildman–Crippen LogP) is 1.59. The smallest absolute Gasteiger partial charge is 0.203 e. The zero-order valence-corrected chi connectivity index (χ0v) is 11.7. The van der Waals surface area contributed by atoms with Gasteiger partial charge in [-0.05, 0) is 32.0 Å². The van der Waals surface area contributed by atoms with Crippen LogP contribution in [0.3, 0.4) is 0 Å². The van der Waals surface area contributed by atoms with Crippen LogP contribution in [0.15, 0.2) is 18.3 Å². The number of aromatic nitrogens is 4. The summed E-state index contributed by atoms with van der Waals surface area (Å²) in [4.78, 5) is 13.6. The minimum absolute atomic E-state index is 0.671. The molecule has 1 aromatic carbocycles. The fraction of sp³-hybridized carbons (Fsp3) is 0.357. The van der Waals surface area contributed by atoms with Gasteiger partial charge >= 0.3 is 0 Å². The van der Waals surface area contributed by atoms with Crippen LogP contribution in [0.25, 0.3) is 22.1 Å². The van der Waals surface area contributed by atoms with E-state index in [1.807, 2.05) is 30.7 Å². The van der Waals surface area contributed by atoms with E-state index < -0.39 is 0 Å². The quantitative estimate of drug-likeness (QED) is 0.703. The first kappa shape index (κ1) is 12.8. The maximum atomic E-state index is 5.51. The lowest BCUT2D eigenvalue weighted by Crippen LogP contribution is -2.11. The summed E-state index contributed by atoms with van der Waals surface area (Å²) in [6.45, 7) is 3.43. The fourth-order valence-corrected chi connectivity index (χ4v) is 2.28. The number of rotatable bonds is 4. The highest BCUT2D eigenvalue weighted by atomic mass is 15.2. The third kappa shape index (κ3) is 2.08. The Balaban J connectivity index is 2.14. The van der Waals surface area contributed by atoms with E-state index >= 15 is 0 Å². The molecule has 0 atom stereocenters. The molecule has 3 N–H and O–H groups in total. The Morgan fingerprint density at radius 1 is 1.25 bits per heavy atom. The van der Waals surface area contributed by atoms with Crippen LogP contribution >= 0.6 is 0 Å². The van der Waals surface area contributed by atoms with Crippen molar-refractivity contribution in [3.8, 4) is 0 Å². The van der Waals surface area contributed by atoms with Crippen molar-refractivity contribution in [3.63, 3.8) is 0 Å². The summed E-state index contributed by atoms with van der Waals surface area (Å²) in [6, 6.07) is 4.01. The molecule has 0 unspecified atom stereocenters. The van der Waals surface area contributed by atoms with E-state index in [0.29, 0.717) is 6.54 Å². The highest BCUT2D eigenvalue weighted by Crippen LogP contribution is 2.24. The van der Waals surface area contributed by atoms with Crippen molar-refractivity contribution in [1.82, 2.24) is 19.5 Å². The summed E-state index contributed by atoms with van der Waals surface area (Å²) in [6.07, 6.45) is 2.69. The molecule has 0 spiro atoms. The van der Waals surface area contributed by atoms with Gasteiger partial charge in [0.05, 0.1) is 16.7 Å². The van der Waals surface area contributed by atoms with E-state index in [0.717, 1.165) is 46.7 Å². The molecule has 0 aliphatic rings.